The van der Waals surface area contributed by atoms with E-state index in [1.54, 1.807) is 0 Å². The van der Waals surface area contributed by atoms with Gasteiger partial charge in [-0.25, -0.2) is 13.6 Å². The van der Waals surface area contributed by atoms with Crippen LogP contribution in [0.2, 0.25) is 0 Å². The van der Waals surface area contributed by atoms with Gasteiger partial charge in [-0.1, -0.05) is 0 Å². The highest BCUT2D eigenvalue weighted by atomic mass is 19.3. The molecule has 0 saturated carbocycles. The highest BCUT2D eigenvalue weighted by Gasteiger charge is 2.51. The summed E-state index contributed by atoms with van der Waals surface area (Å²) in [5.41, 5.74) is 4.45. The number of anilines is 1. The molecule has 19 heavy (non-hydrogen) atoms. The Kier molecular flexibility index (Phi) is 3.52. The fraction of sp³-hybridized carbons (Fsp3) is 0.600. The molecule has 0 radical (unpaired) electrons. The molecule has 0 amide bonds. The first kappa shape index (κ1) is 13.8. The van der Waals surface area contributed by atoms with Gasteiger partial charge in [-0.15, -0.1) is 0 Å². The van der Waals surface area contributed by atoms with Crippen LogP contribution in [0.15, 0.2) is 17.1 Å². The van der Waals surface area contributed by atoms with Crippen molar-refractivity contribution in [2.45, 2.75) is 30.8 Å². The summed E-state index contributed by atoms with van der Waals surface area (Å²) in [6.45, 7) is -0.787. The number of nitrogens with two attached hydrogens (primary N) is 1. The zero-order valence-electron chi connectivity index (χ0n) is 9.74. The number of aliphatic hydroxyl groups is 2. The lowest BCUT2D eigenvalue weighted by Gasteiger charge is -2.38. The van der Waals surface area contributed by atoms with E-state index in [0.717, 1.165) is 4.57 Å². The van der Waals surface area contributed by atoms with E-state index in [1.165, 1.54) is 12.3 Å². The molecule has 7 nitrogen and oxygen atoms in total. The van der Waals surface area contributed by atoms with Gasteiger partial charge >= 0.3 is 5.69 Å². The van der Waals surface area contributed by atoms with Crippen molar-refractivity contribution in [2.75, 3.05) is 12.3 Å². The van der Waals surface area contributed by atoms with Gasteiger partial charge in [0.15, 0.2) is 0 Å². The molecular weight excluding hydrogens is 264 g/mol. The minimum Gasteiger partial charge on any atom is -0.394 e. The molecule has 1 aromatic rings. The smallest absolute Gasteiger partial charge is 0.351 e. The van der Waals surface area contributed by atoms with Crippen LogP contribution in [0, 0.1) is 0 Å². The van der Waals surface area contributed by atoms with E-state index in [0.29, 0.717) is 0 Å². The number of nitrogen functional groups attached to an aromatic ring is 1. The van der Waals surface area contributed by atoms with Crippen LogP contribution in [0.3, 0.4) is 0 Å². The lowest BCUT2D eigenvalue weighted by atomic mass is 10.00. The lowest BCUT2D eigenvalue weighted by molar-refractivity contribution is -0.259. The second kappa shape index (κ2) is 4.83. The third-order valence-corrected chi connectivity index (χ3v) is 2.91. The summed E-state index contributed by atoms with van der Waals surface area (Å²) in [5, 5.41) is 18.2. The first-order chi connectivity index (χ1) is 8.85. The zero-order valence-corrected chi connectivity index (χ0v) is 9.74. The molecule has 1 aromatic heterocycles. The largest absolute Gasteiger partial charge is 0.394 e. The molecule has 1 fully saturated rings. The van der Waals surface area contributed by atoms with Crippen molar-refractivity contribution in [1.82, 2.24) is 9.55 Å². The summed E-state index contributed by atoms with van der Waals surface area (Å²) in [6.07, 6.45) is -4.63. The Morgan fingerprint density at radius 1 is 1.63 bits per heavy atom. The van der Waals surface area contributed by atoms with Crippen LogP contribution in [0.5, 0.6) is 0 Å². The third kappa shape index (κ3) is 2.57. The number of nitrogens with zero attached hydrogens (tertiary/aromatic N) is 2. The number of ether oxygens (including phenoxy) is 1. The zero-order chi connectivity index (χ0) is 14.2. The van der Waals surface area contributed by atoms with Gasteiger partial charge in [-0.05, 0) is 6.07 Å². The molecule has 0 aromatic carbocycles. The monoisotopic (exact) mass is 277 g/mol. The first-order valence-corrected chi connectivity index (χ1v) is 5.52. The highest BCUT2D eigenvalue weighted by Crippen LogP contribution is 2.37. The van der Waals surface area contributed by atoms with E-state index >= 15 is 0 Å². The molecule has 2 rings (SSSR count). The Labute approximate surface area is 106 Å². The number of rotatable bonds is 2. The van der Waals surface area contributed by atoms with E-state index in [2.05, 4.69) is 4.98 Å². The summed E-state index contributed by atoms with van der Waals surface area (Å²) < 4.78 is 33.1. The van der Waals surface area contributed by atoms with Gasteiger partial charge in [0.05, 0.1) is 13.0 Å². The van der Waals surface area contributed by atoms with Gasteiger partial charge in [-0.3, -0.25) is 4.57 Å². The number of hydrogen-bond donors (Lipinski definition) is 3. The molecule has 2 heterocycles. The summed E-state index contributed by atoms with van der Waals surface area (Å²) in [4.78, 5) is 15.0. The maximum Gasteiger partial charge on any atom is 0.351 e. The third-order valence-electron chi connectivity index (χ3n) is 2.91. The van der Waals surface area contributed by atoms with Gasteiger partial charge < -0.3 is 20.7 Å². The molecule has 0 bridgehead atoms. The molecule has 4 N–H and O–H groups in total. The molecule has 3 atom stereocenters. The van der Waals surface area contributed by atoms with Crippen molar-refractivity contribution >= 4 is 5.82 Å². The standard InChI is InChI=1S/C10H13F2N3O4/c11-10(12)3-7(19-5(4-16)8(10)17)15-2-1-6(13)14-9(15)18/h1-2,5,7-8,16-17H,3-4H2,(H2,13,14,18)/t5-,7-,8-/m1/s1. The maximum atomic E-state index is 13.6. The average Bonchev–Trinajstić information content (AvgIpc) is 2.32. The van der Waals surface area contributed by atoms with Crippen molar-refractivity contribution < 1.29 is 23.7 Å². The van der Waals surface area contributed by atoms with Crippen LogP contribution in [0.1, 0.15) is 12.6 Å². The Balaban J connectivity index is 2.33. The maximum absolute atomic E-state index is 13.6. The number of hydrogen-bond acceptors (Lipinski definition) is 6. The van der Waals surface area contributed by atoms with E-state index in [1.807, 2.05) is 0 Å². The van der Waals surface area contributed by atoms with E-state index in [4.69, 9.17) is 15.6 Å². The fourth-order valence-electron chi connectivity index (χ4n) is 1.90. The molecule has 0 spiro atoms. The molecule has 0 aliphatic carbocycles. The summed E-state index contributed by atoms with van der Waals surface area (Å²) >= 11 is 0. The fourth-order valence-corrected chi connectivity index (χ4v) is 1.90. The summed E-state index contributed by atoms with van der Waals surface area (Å²) in [6, 6.07) is 1.27. The van der Waals surface area contributed by atoms with Crippen molar-refractivity contribution in [1.29, 1.82) is 0 Å². The molecule has 1 saturated heterocycles. The molecule has 9 heteroatoms. The average molecular weight is 277 g/mol. The van der Waals surface area contributed by atoms with Crippen LogP contribution in [0.25, 0.3) is 0 Å². The van der Waals surface area contributed by atoms with Crippen molar-refractivity contribution in [3.8, 4) is 0 Å². The van der Waals surface area contributed by atoms with E-state index in [-0.39, 0.29) is 5.82 Å². The van der Waals surface area contributed by atoms with Crippen LogP contribution < -0.4 is 11.4 Å². The van der Waals surface area contributed by atoms with Gasteiger partial charge in [0, 0.05) is 6.20 Å². The van der Waals surface area contributed by atoms with Crippen LogP contribution in [0.4, 0.5) is 14.6 Å². The van der Waals surface area contributed by atoms with Crippen LogP contribution in [-0.4, -0.2) is 44.5 Å². The Morgan fingerprint density at radius 2 is 2.32 bits per heavy atom. The summed E-state index contributed by atoms with van der Waals surface area (Å²) in [7, 11) is 0. The lowest BCUT2D eigenvalue weighted by Crippen LogP contribution is -2.53. The predicted octanol–water partition coefficient (Wildman–Crippen LogP) is -0.899. The van der Waals surface area contributed by atoms with Gasteiger partial charge in [0.2, 0.25) is 0 Å². The molecule has 1 aliphatic heterocycles. The number of alkyl halides is 2. The Bertz CT molecular complexity index is 522. The topological polar surface area (TPSA) is 111 Å². The number of halogens is 2. The van der Waals surface area contributed by atoms with Crippen molar-refractivity contribution in [3.63, 3.8) is 0 Å². The molecule has 1 aliphatic rings. The Hall–Kier alpha value is -1.58. The second-order valence-electron chi connectivity index (χ2n) is 4.26. The quantitative estimate of drug-likeness (QED) is 0.646. The highest BCUT2D eigenvalue weighted by molar-refractivity contribution is 5.23. The summed E-state index contributed by atoms with van der Waals surface area (Å²) in [5.74, 6) is -3.51. The second-order valence-corrected chi connectivity index (χ2v) is 4.26. The van der Waals surface area contributed by atoms with Gasteiger partial charge in [0.25, 0.3) is 5.92 Å². The molecule has 106 valence electrons. The normalized spacial score (nSPS) is 30.2. The molecular formula is C10H13F2N3O4. The number of aromatic nitrogens is 2. The SMILES string of the molecule is Nc1ccn([C@H]2CC(F)(F)[C@H](O)[C@@H](CO)O2)c(=O)n1. The minimum atomic E-state index is -3.48. The number of aliphatic hydroxyl groups excluding tert-OH is 2. The minimum absolute atomic E-state index is 0.0393. The van der Waals surface area contributed by atoms with E-state index in [9.17, 15) is 18.7 Å². The van der Waals surface area contributed by atoms with Crippen molar-refractivity contribution in [2.24, 2.45) is 0 Å². The van der Waals surface area contributed by atoms with Crippen molar-refractivity contribution in [3.05, 3.63) is 22.7 Å². The van der Waals surface area contributed by atoms with Gasteiger partial charge in [0.1, 0.15) is 24.3 Å². The van der Waals surface area contributed by atoms with Crippen LogP contribution in [-0.2, 0) is 4.74 Å². The predicted molar refractivity (Wildman–Crippen MR) is 59.5 cm³/mol. The van der Waals surface area contributed by atoms with Gasteiger partial charge in [-0.2, -0.15) is 4.98 Å². The Morgan fingerprint density at radius 3 is 2.89 bits per heavy atom. The van der Waals surface area contributed by atoms with E-state index < -0.39 is 43.1 Å². The first-order valence-electron chi connectivity index (χ1n) is 5.52. The van der Waals surface area contributed by atoms with Crippen LogP contribution >= 0.6 is 0 Å². The molecule has 0 unspecified atom stereocenters.